The molecule has 0 atom stereocenters. The number of hydrogen-bond acceptors (Lipinski definition) is 8. The van der Waals surface area contributed by atoms with Gasteiger partial charge >= 0.3 is 6.09 Å². The first kappa shape index (κ1) is 24.8. The standard InChI is InChI=1S/C23H19Cl2N5O4/c1-3-13-7-8-27-19-6-5-15(11-16(13)19)34-21-17(24)9-14(10-18(21)25)29-30-20(12-26)22(31)28-23(32)33-4-2/h5-11,29H,3-4H2,1-2H3,(H,28,31,32). The summed E-state index contributed by atoms with van der Waals surface area (Å²) in [6, 6.07) is 11.9. The van der Waals surface area contributed by atoms with Crippen molar-refractivity contribution in [2.45, 2.75) is 20.3 Å². The second kappa shape index (κ2) is 11.3. The van der Waals surface area contributed by atoms with Crippen molar-refractivity contribution < 1.29 is 19.1 Å². The van der Waals surface area contributed by atoms with Gasteiger partial charge in [0.25, 0.3) is 5.91 Å². The predicted molar refractivity (Wildman–Crippen MR) is 129 cm³/mol. The molecule has 34 heavy (non-hydrogen) atoms. The van der Waals surface area contributed by atoms with Crippen LogP contribution < -0.4 is 15.5 Å². The molecule has 2 amide bonds. The number of nitrogens with one attached hydrogen (secondary N) is 2. The van der Waals surface area contributed by atoms with Gasteiger partial charge in [-0.3, -0.25) is 20.5 Å². The molecule has 0 fully saturated rings. The summed E-state index contributed by atoms with van der Waals surface area (Å²) in [5.74, 6) is -0.275. The highest BCUT2D eigenvalue weighted by Gasteiger charge is 2.16. The molecule has 2 N–H and O–H groups in total. The van der Waals surface area contributed by atoms with Crippen LogP contribution in [0.1, 0.15) is 19.4 Å². The van der Waals surface area contributed by atoms with E-state index in [0.717, 1.165) is 22.9 Å². The van der Waals surface area contributed by atoms with Crippen molar-refractivity contribution in [2.75, 3.05) is 12.0 Å². The Balaban J connectivity index is 1.79. The van der Waals surface area contributed by atoms with Gasteiger partial charge in [0, 0.05) is 11.6 Å². The number of fused-ring (bicyclic) bond motifs is 1. The maximum atomic E-state index is 11.9. The van der Waals surface area contributed by atoms with Gasteiger partial charge in [-0.25, -0.2) is 4.79 Å². The van der Waals surface area contributed by atoms with Gasteiger partial charge < -0.3 is 9.47 Å². The van der Waals surface area contributed by atoms with Gasteiger partial charge in [0.15, 0.2) is 5.75 Å². The number of hydrogen-bond donors (Lipinski definition) is 2. The van der Waals surface area contributed by atoms with E-state index >= 15 is 0 Å². The molecular weight excluding hydrogens is 481 g/mol. The number of halogens is 2. The van der Waals surface area contributed by atoms with Crippen LogP contribution in [0.25, 0.3) is 10.9 Å². The summed E-state index contributed by atoms with van der Waals surface area (Å²) < 4.78 is 10.5. The lowest BCUT2D eigenvalue weighted by Gasteiger charge is -2.13. The zero-order valence-corrected chi connectivity index (χ0v) is 19.7. The van der Waals surface area contributed by atoms with E-state index in [1.807, 2.05) is 23.5 Å². The van der Waals surface area contributed by atoms with Crippen LogP contribution in [0.5, 0.6) is 11.5 Å². The number of pyridine rings is 1. The predicted octanol–water partition coefficient (Wildman–Crippen LogP) is 5.46. The van der Waals surface area contributed by atoms with Crippen LogP contribution in [0.3, 0.4) is 0 Å². The second-order valence-corrected chi connectivity index (χ2v) is 7.55. The van der Waals surface area contributed by atoms with Gasteiger partial charge in [0.2, 0.25) is 5.71 Å². The Morgan fingerprint density at radius 2 is 1.88 bits per heavy atom. The average molecular weight is 500 g/mol. The number of benzene rings is 2. The van der Waals surface area contributed by atoms with Gasteiger partial charge in [-0.15, -0.1) is 0 Å². The van der Waals surface area contributed by atoms with Crippen molar-refractivity contribution in [2.24, 2.45) is 5.10 Å². The van der Waals surface area contributed by atoms with E-state index in [0.29, 0.717) is 5.75 Å². The maximum absolute atomic E-state index is 11.9. The lowest BCUT2D eigenvalue weighted by Crippen LogP contribution is -2.36. The molecule has 0 aliphatic carbocycles. The van der Waals surface area contributed by atoms with Crippen LogP contribution >= 0.6 is 23.2 Å². The number of aromatic nitrogens is 1. The molecule has 9 nitrogen and oxygen atoms in total. The first-order chi connectivity index (χ1) is 16.4. The Morgan fingerprint density at radius 3 is 2.53 bits per heavy atom. The minimum Gasteiger partial charge on any atom is -0.454 e. The number of nitriles is 1. The zero-order valence-electron chi connectivity index (χ0n) is 18.2. The molecule has 0 aliphatic rings. The van der Waals surface area contributed by atoms with Crippen molar-refractivity contribution in [1.82, 2.24) is 10.3 Å². The fraction of sp³-hybridized carbons (Fsp3) is 0.174. The number of anilines is 1. The number of hydrazone groups is 1. The van der Waals surface area contributed by atoms with Crippen LogP contribution in [0, 0.1) is 11.3 Å². The SMILES string of the molecule is CCOC(=O)NC(=O)C(C#N)=NNc1cc(Cl)c(Oc2ccc3nccc(CC)c3c2)c(Cl)c1. The minimum atomic E-state index is -1.03. The number of amides is 2. The summed E-state index contributed by atoms with van der Waals surface area (Å²) in [5.41, 5.74) is 4.18. The number of ether oxygens (including phenoxy) is 2. The van der Waals surface area contributed by atoms with Crippen molar-refractivity contribution in [3.8, 4) is 17.6 Å². The third-order valence-electron chi connectivity index (χ3n) is 4.51. The normalized spacial score (nSPS) is 11.0. The van der Waals surface area contributed by atoms with E-state index in [9.17, 15) is 9.59 Å². The number of nitrogens with zero attached hydrogens (tertiary/aromatic N) is 3. The molecule has 3 rings (SSSR count). The highest BCUT2D eigenvalue weighted by molar-refractivity contribution is 6.47. The number of aryl methyl sites for hydroxylation is 1. The molecule has 3 aromatic rings. The summed E-state index contributed by atoms with van der Waals surface area (Å²) in [6.07, 6.45) is 1.62. The lowest BCUT2D eigenvalue weighted by atomic mass is 10.1. The second-order valence-electron chi connectivity index (χ2n) is 6.73. The molecule has 0 unspecified atom stereocenters. The first-order valence-corrected chi connectivity index (χ1v) is 10.9. The smallest absolute Gasteiger partial charge is 0.414 e. The largest absolute Gasteiger partial charge is 0.454 e. The Hall–Kier alpha value is -3.87. The van der Waals surface area contributed by atoms with Gasteiger partial charge in [0.05, 0.1) is 27.9 Å². The van der Waals surface area contributed by atoms with Gasteiger partial charge in [-0.1, -0.05) is 30.1 Å². The van der Waals surface area contributed by atoms with Crippen molar-refractivity contribution in [3.63, 3.8) is 0 Å². The molecule has 174 valence electrons. The molecule has 2 aromatic carbocycles. The molecular formula is C23H19Cl2N5O4. The minimum absolute atomic E-state index is 0.0671. The van der Waals surface area contributed by atoms with Crippen molar-refractivity contribution in [1.29, 1.82) is 5.26 Å². The van der Waals surface area contributed by atoms with Crippen LogP contribution in [0.2, 0.25) is 10.0 Å². The lowest BCUT2D eigenvalue weighted by molar-refractivity contribution is -0.114. The summed E-state index contributed by atoms with van der Waals surface area (Å²) in [7, 11) is 0. The molecule has 0 spiro atoms. The highest BCUT2D eigenvalue weighted by Crippen LogP contribution is 2.39. The fourth-order valence-electron chi connectivity index (χ4n) is 2.96. The quantitative estimate of drug-likeness (QED) is 0.326. The van der Waals surface area contributed by atoms with Gasteiger partial charge in [-0.05, 0) is 55.3 Å². The van der Waals surface area contributed by atoms with E-state index in [4.69, 9.17) is 33.2 Å². The van der Waals surface area contributed by atoms with Gasteiger partial charge in [-0.2, -0.15) is 10.4 Å². The van der Waals surface area contributed by atoms with Gasteiger partial charge in [0.1, 0.15) is 11.8 Å². The first-order valence-electron chi connectivity index (χ1n) is 10.1. The average Bonchev–Trinajstić information content (AvgIpc) is 2.81. The fourth-order valence-corrected chi connectivity index (χ4v) is 3.52. The van der Waals surface area contributed by atoms with E-state index in [2.05, 4.69) is 27.2 Å². The number of carbonyl (C=O) groups is 2. The third-order valence-corrected chi connectivity index (χ3v) is 5.07. The third kappa shape index (κ3) is 5.92. The molecule has 0 radical (unpaired) electrons. The van der Waals surface area contributed by atoms with E-state index in [1.165, 1.54) is 12.1 Å². The topological polar surface area (TPSA) is 126 Å². The highest BCUT2D eigenvalue weighted by atomic mass is 35.5. The molecule has 0 aliphatic heterocycles. The van der Waals surface area contributed by atoms with E-state index in [1.54, 1.807) is 25.3 Å². The van der Waals surface area contributed by atoms with Crippen LogP contribution in [0.4, 0.5) is 10.5 Å². The summed E-state index contributed by atoms with van der Waals surface area (Å²) in [5, 5.41) is 16.0. The molecule has 0 bridgehead atoms. The Bertz CT molecular complexity index is 1300. The van der Waals surface area contributed by atoms with Crippen molar-refractivity contribution in [3.05, 3.63) is 58.2 Å². The molecule has 1 aromatic heterocycles. The zero-order chi connectivity index (χ0) is 24.7. The molecule has 0 saturated heterocycles. The summed E-state index contributed by atoms with van der Waals surface area (Å²) in [4.78, 5) is 27.6. The summed E-state index contributed by atoms with van der Waals surface area (Å²) >= 11 is 12.7. The monoisotopic (exact) mass is 499 g/mol. The van der Waals surface area contributed by atoms with Crippen LogP contribution in [-0.4, -0.2) is 29.3 Å². The number of carbonyl (C=O) groups excluding carboxylic acids is 2. The molecule has 0 saturated carbocycles. The Labute approximate surface area is 205 Å². The molecule has 11 heteroatoms. The van der Waals surface area contributed by atoms with E-state index in [-0.39, 0.29) is 28.1 Å². The van der Waals surface area contributed by atoms with E-state index < -0.39 is 17.7 Å². The number of alkyl carbamates (subject to hydrolysis) is 1. The van der Waals surface area contributed by atoms with Crippen LogP contribution in [0.15, 0.2) is 47.7 Å². The van der Waals surface area contributed by atoms with Crippen LogP contribution in [-0.2, 0) is 16.0 Å². The van der Waals surface area contributed by atoms with Crippen molar-refractivity contribution >= 4 is 57.5 Å². The number of imide groups is 1. The molecule has 1 heterocycles. The number of rotatable bonds is 7. The Morgan fingerprint density at radius 1 is 1.15 bits per heavy atom. The summed E-state index contributed by atoms with van der Waals surface area (Å²) in [6.45, 7) is 3.70. The maximum Gasteiger partial charge on any atom is 0.414 e. The Kier molecular flexibility index (Phi) is 8.24.